The molecule has 1 atom stereocenters. The van der Waals surface area contributed by atoms with E-state index in [0.717, 1.165) is 51.3 Å². The van der Waals surface area contributed by atoms with Gasteiger partial charge in [0.2, 0.25) is 0 Å². The Hall–Kier alpha value is -1.06. The first-order chi connectivity index (χ1) is 8.90. The summed E-state index contributed by atoms with van der Waals surface area (Å²) in [5.74, 6) is 0.997. The number of rotatable bonds is 6. The summed E-state index contributed by atoms with van der Waals surface area (Å²) in [5, 5.41) is 3.42. The van der Waals surface area contributed by atoms with Crippen molar-refractivity contribution in [2.45, 2.75) is 38.8 Å². The lowest BCUT2D eigenvalue weighted by atomic mass is 10.1. The summed E-state index contributed by atoms with van der Waals surface area (Å²) < 4.78 is 11.5. The van der Waals surface area contributed by atoms with E-state index in [9.17, 15) is 0 Å². The quantitative estimate of drug-likeness (QED) is 0.786. The zero-order valence-electron chi connectivity index (χ0n) is 11.2. The van der Waals surface area contributed by atoms with E-state index in [1.165, 1.54) is 5.56 Å². The molecule has 18 heavy (non-hydrogen) atoms. The fourth-order valence-corrected chi connectivity index (χ4v) is 2.15. The van der Waals surface area contributed by atoms with Crippen molar-refractivity contribution in [3.8, 4) is 5.75 Å². The number of benzene rings is 1. The van der Waals surface area contributed by atoms with Crippen LogP contribution in [-0.4, -0.2) is 25.9 Å². The first kappa shape index (κ1) is 13.4. The van der Waals surface area contributed by atoms with Crippen molar-refractivity contribution < 1.29 is 9.47 Å². The molecule has 100 valence electrons. The van der Waals surface area contributed by atoms with E-state index in [4.69, 9.17) is 9.47 Å². The van der Waals surface area contributed by atoms with Gasteiger partial charge in [-0.3, -0.25) is 0 Å². The van der Waals surface area contributed by atoms with Gasteiger partial charge in [-0.25, -0.2) is 0 Å². The fraction of sp³-hybridized carbons (Fsp3) is 0.600. The predicted octanol–water partition coefficient (Wildman–Crippen LogP) is 2.74. The number of ether oxygens (including phenoxy) is 2. The lowest BCUT2D eigenvalue weighted by molar-refractivity contribution is 0.00701. The maximum atomic E-state index is 6.05. The molecule has 1 aromatic rings. The van der Waals surface area contributed by atoms with Crippen LogP contribution in [0, 0.1) is 0 Å². The highest BCUT2D eigenvalue weighted by Crippen LogP contribution is 2.21. The summed E-state index contributed by atoms with van der Waals surface area (Å²) in [6, 6.07) is 8.27. The van der Waals surface area contributed by atoms with Gasteiger partial charge in [-0.2, -0.15) is 0 Å². The molecule has 0 spiro atoms. The SMILES string of the molecule is CCCNCc1ccccc1OC1CCCOC1. The summed E-state index contributed by atoms with van der Waals surface area (Å²) in [6.45, 7) is 5.68. The average molecular weight is 249 g/mol. The van der Waals surface area contributed by atoms with E-state index in [1.54, 1.807) is 0 Å². The lowest BCUT2D eigenvalue weighted by Crippen LogP contribution is -2.28. The third-order valence-corrected chi connectivity index (χ3v) is 3.13. The Morgan fingerprint density at radius 1 is 1.39 bits per heavy atom. The molecule has 0 bridgehead atoms. The highest BCUT2D eigenvalue weighted by atomic mass is 16.5. The van der Waals surface area contributed by atoms with Crippen molar-refractivity contribution >= 4 is 0 Å². The Kier molecular flexibility index (Phi) is 5.49. The summed E-state index contributed by atoms with van der Waals surface area (Å²) in [5.41, 5.74) is 1.23. The van der Waals surface area contributed by atoms with Crippen molar-refractivity contribution in [2.75, 3.05) is 19.8 Å². The molecule has 1 fully saturated rings. The van der Waals surface area contributed by atoms with Crippen LogP contribution in [0.15, 0.2) is 24.3 Å². The van der Waals surface area contributed by atoms with Gasteiger partial charge < -0.3 is 14.8 Å². The Balaban J connectivity index is 1.93. The topological polar surface area (TPSA) is 30.5 Å². The van der Waals surface area contributed by atoms with Gasteiger partial charge in [0.05, 0.1) is 6.61 Å². The predicted molar refractivity (Wildman–Crippen MR) is 72.9 cm³/mol. The molecule has 1 heterocycles. The van der Waals surface area contributed by atoms with E-state index in [0.29, 0.717) is 0 Å². The molecular weight excluding hydrogens is 226 g/mol. The van der Waals surface area contributed by atoms with Crippen LogP contribution < -0.4 is 10.1 Å². The highest BCUT2D eigenvalue weighted by Gasteiger charge is 2.16. The Labute approximate surface area is 109 Å². The average Bonchev–Trinajstić information content (AvgIpc) is 2.42. The van der Waals surface area contributed by atoms with Crippen molar-refractivity contribution in [3.05, 3.63) is 29.8 Å². The van der Waals surface area contributed by atoms with Crippen LogP contribution in [0.2, 0.25) is 0 Å². The monoisotopic (exact) mass is 249 g/mol. The van der Waals surface area contributed by atoms with Gasteiger partial charge in [0.1, 0.15) is 11.9 Å². The zero-order valence-corrected chi connectivity index (χ0v) is 11.2. The molecule has 1 aromatic carbocycles. The van der Waals surface area contributed by atoms with E-state index in [-0.39, 0.29) is 6.10 Å². The van der Waals surface area contributed by atoms with Gasteiger partial charge in [-0.05, 0) is 31.9 Å². The minimum Gasteiger partial charge on any atom is -0.488 e. The zero-order chi connectivity index (χ0) is 12.6. The Morgan fingerprint density at radius 3 is 3.06 bits per heavy atom. The summed E-state index contributed by atoms with van der Waals surface area (Å²) in [7, 11) is 0. The number of para-hydroxylation sites is 1. The Morgan fingerprint density at radius 2 is 2.28 bits per heavy atom. The number of hydrogen-bond donors (Lipinski definition) is 1. The molecule has 3 nitrogen and oxygen atoms in total. The van der Waals surface area contributed by atoms with Crippen LogP contribution >= 0.6 is 0 Å². The molecular formula is C15H23NO2. The fourth-order valence-electron chi connectivity index (χ4n) is 2.15. The van der Waals surface area contributed by atoms with E-state index < -0.39 is 0 Å². The van der Waals surface area contributed by atoms with Gasteiger partial charge in [0.15, 0.2) is 0 Å². The van der Waals surface area contributed by atoms with Gasteiger partial charge >= 0.3 is 0 Å². The molecule has 0 amide bonds. The molecule has 0 aromatic heterocycles. The van der Waals surface area contributed by atoms with Gasteiger partial charge in [0.25, 0.3) is 0 Å². The second kappa shape index (κ2) is 7.39. The van der Waals surface area contributed by atoms with Crippen LogP contribution in [0.25, 0.3) is 0 Å². The van der Waals surface area contributed by atoms with Crippen LogP contribution in [-0.2, 0) is 11.3 Å². The molecule has 1 saturated heterocycles. The first-order valence-electron chi connectivity index (χ1n) is 6.93. The minimum absolute atomic E-state index is 0.214. The normalized spacial score (nSPS) is 19.7. The van der Waals surface area contributed by atoms with E-state index in [1.807, 2.05) is 6.07 Å². The van der Waals surface area contributed by atoms with Crippen molar-refractivity contribution in [1.82, 2.24) is 5.32 Å². The number of nitrogens with one attached hydrogen (secondary N) is 1. The summed E-state index contributed by atoms with van der Waals surface area (Å²) >= 11 is 0. The van der Waals surface area contributed by atoms with Gasteiger partial charge in [-0.1, -0.05) is 25.1 Å². The third-order valence-electron chi connectivity index (χ3n) is 3.13. The van der Waals surface area contributed by atoms with Crippen LogP contribution in [0.1, 0.15) is 31.7 Å². The van der Waals surface area contributed by atoms with Gasteiger partial charge in [-0.15, -0.1) is 0 Å². The third kappa shape index (κ3) is 4.00. The van der Waals surface area contributed by atoms with Crippen molar-refractivity contribution in [3.63, 3.8) is 0 Å². The molecule has 0 saturated carbocycles. The van der Waals surface area contributed by atoms with Crippen LogP contribution in [0.5, 0.6) is 5.75 Å². The Bertz CT molecular complexity index is 348. The van der Waals surface area contributed by atoms with E-state index >= 15 is 0 Å². The second-order valence-electron chi connectivity index (χ2n) is 4.74. The van der Waals surface area contributed by atoms with Gasteiger partial charge in [0, 0.05) is 18.7 Å². The molecule has 1 aliphatic heterocycles. The molecule has 1 aliphatic rings. The smallest absolute Gasteiger partial charge is 0.124 e. The number of hydrogen-bond acceptors (Lipinski definition) is 3. The maximum Gasteiger partial charge on any atom is 0.124 e. The minimum atomic E-state index is 0.214. The van der Waals surface area contributed by atoms with Crippen molar-refractivity contribution in [2.24, 2.45) is 0 Å². The first-order valence-corrected chi connectivity index (χ1v) is 6.93. The maximum absolute atomic E-state index is 6.05. The summed E-state index contributed by atoms with van der Waals surface area (Å²) in [4.78, 5) is 0. The standard InChI is InChI=1S/C15H23NO2/c1-2-9-16-11-13-6-3-4-8-15(13)18-14-7-5-10-17-12-14/h3-4,6,8,14,16H,2,5,7,9-12H2,1H3. The summed E-state index contributed by atoms with van der Waals surface area (Å²) in [6.07, 6.45) is 3.56. The molecule has 0 aliphatic carbocycles. The second-order valence-corrected chi connectivity index (χ2v) is 4.74. The molecule has 1 N–H and O–H groups in total. The largest absolute Gasteiger partial charge is 0.488 e. The molecule has 1 unspecified atom stereocenters. The van der Waals surface area contributed by atoms with Crippen molar-refractivity contribution in [1.29, 1.82) is 0 Å². The van der Waals surface area contributed by atoms with Crippen LogP contribution in [0.4, 0.5) is 0 Å². The lowest BCUT2D eigenvalue weighted by Gasteiger charge is -2.24. The highest BCUT2D eigenvalue weighted by molar-refractivity contribution is 5.33. The van der Waals surface area contributed by atoms with Crippen LogP contribution in [0.3, 0.4) is 0 Å². The molecule has 2 rings (SSSR count). The molecule has 3 heteroatoms. The molecule has 0 radical (unpaired) electrons. The van der Waals surface area contributed by atoms with E-state index in [2.05, 4.69) is 30.4 Å².